The van der Waals surface area contributed by atoms with Crippen LogP contribution in [-0.4, -0.2) is 30.8 Å². The Hall–Kier alpha value is 0.127. The number of hydrogen-bond donors (Lipinski definition) is 0. The van der Waals surface area contributed by atoms with Gasteiger partial charge in [0.05, 0.1) is 28.2 Å². The molecular weight excluding hydrogens is 250 g/mol. The van der Waals surface area contributed by atoms with Crippen molar-refractivity contribution in [3.63, 3.8) is 0 Å². The van der Waals surface area contributed by atoms with Crippen molar-refractivity contribution in [2.75, 3.05) is 6.54 Å². The van der Waals surface area contributed by atoms with Crippen LogP contribution in [0.2, 0.25) is 19.6 Å². The molecule has 0 aromatic heterocycles. The largest absolute Gasteiger partial charge is 0.414 e. The molecule has 1 heterocycles. The predicted octanol–water partition coefficient (Wildman–Crippen LogP) is 1.99. The third-order valence-electron chi connectivity index (χ3n) is 2.02. The van der Waals surface area contributed by atoms with Gasteiger partial charge in [-0.05, 0) is 26.6 Å². The Morgan fingerprint density at radius 1 is 1.62 bits per heavy atom. The standard InChI is InChI=1S/C8H16BrNO2Si/c1-6(12-13(2,3)4)7-5-10(9)8(7)11/h6-7H,5H2,1-4H3. The van der Waals surface area contributed by atoms with E-state index in [-0.39, 0.29) is 17.9 Å². The highest BCUT2D eigenvalue weighted by Crippen LogP contribution is 2.27. The van der Waals surface area contributed by atoms with Crippen molar-refractivity contribution in [1.29, 1.82) is 0 Å². The van der Waals surface area contributed by atoms with Gasteiger partial charge in [-0.2, -0.15) is 0 Å². The van der Waals surface area contributed by atoms with Gasteiger partial charge >= 0.3 is 0 Å². The fourth-order valence-electron chi connectivity index (χ4n) is 1.40. The minimum Gasteiger partial charge on any atom is -0.414 e. The maximum Gasteiger partial charge on any atom is 0.239 e. The van der Waals surface area contributed by atoms with Crippen LogP contribution in [0.25, 0.3) is 0 Å². The van der Waals surface area contributed by atoms with Crippen molar-refractivity contribution in [1.82, 2.24) is 3.93 Å². The summed E-state index contributed by atoms with van der Waals surface area (Å²) in [5.74, 6) is 0.205. The fraction of sp³-hybridized carbons (Fsp3) is 0.875. The maximum absolute atomic E-state index is 11.3. The highest BCUT2D eigenvalue weighted by Gasteiger charge is 2.41. The van der Waals surface area contributed by atoms with Crippen molar-refractivity contribution in [3.05, 3.63) is 0 Å². The van der Waals surface area contributed by atoms with E-state index in [1.165, 1.54) is 0 Å². The summed E-state index contributed by atoms with van der Waals surface area (Å²) in [6, 6.07) is 0. The summed E-state index contributed by atoms with van der Waals surface area (Å²) in [6.45, 7) is 9.17. The topological polar surface area (TPSA) is 29.5 Å². The van der Waals surface area contributed by atoms with Crippen LogP contribution in [0.4, 0.5) is 0 Å². The molecule has 1 aliphatic heterocycles. The average molecular weight is 266 g/mol. The Morgan fingerprint density at radius 2 is 2.15 bits per heavy atom. The molecule has 0 saturated carbocycles. The van der Waals surface area contributed by atoms with Crippen LogP contribution in [0.5, 0.6) is 0 Å². The van der Waals surface area contributed by atoms with Crippen LogP contribution >= 0.6 is 16.1 Å². The molecule has 0 N–H and O–H groups in total. The van der Waals surface area contributed by atoms with Gasteiger partial charge in [0.25, 0.3) is 0 Å². The van der Waals surface area contributed by atoms with Crippen molar-refractivity contribution < 1.29 is 9.22 Å². The van der Waals surface area contributed by atoms with Gasteiger partial charge < -0.3 is 4.43 Å². The van der Waals surface area contributed by atoms with Crippen LogP contribution in [0, 0.1) is 5.92 Å². The molecule has 1 amide bonds. The zero-order valence-corrected chi connectivity index (χ0v) is 11.1. The van der Waals surface area contributed by atoms with E-state index in [9.17, 15) is 4.79 Å². The molecule has 13 heavy (non-hydrogen) atoms. The summed E-state index contributed by atoms with van der Waals surface area (Å²) < 4.78 is 7.39. The van der Waals surface area contributed by atoms with Crippen LogP contribution in [0.1, 0.15) is 6.92 Å². The Kier molecular flexibility index (Phi) is 3.19. The lowest BCUT2D eigenvalue weighted by molar-refractivity contribution is -0.143. The van der Waals surface area contributed by atoms with E-state index in [2.05, 4.69) is 35.8 Å². The van der Waals surface area contributed by atoms with Crippen molar-refractivity contribution >= 4 is 30.4 Å². The van der Waals surface area contributed by atoms with E-state index >= 15 is 0 Å². The minimum atomic E-state index is -1.50. The summed E-state index contributed by atoms with van der Waals surface area (Å²) in [7, 11) is -1.50. The molecule has 1 fully saturated rings. The van der Waals surface area contributed by atoms with Gasteiger partial charge in [0.15, 0.2) is 8.32 Å². The van der Waals surface area contributed by atoms with Crippen LogP contribution in [-0.2, 0) is 9.22 Å². The Labute approximate surface area is 88.9 Å². The SMILES string of the molecule is CC(O[Si](C)(C)C)C1CN(Br)C1=O. The molecule has 0 aromatic carbocycles. The van der Waals surface area contributed by atoms with Gasteiger partial charge in [0.2, 0.25) is 5.91 Å². The van der Waals surface area contributed by atoms with Crippen molar-refractivity contribution in [2.24, 2.45) is 5.92 Å². The molecule has 0 aromatic rings. The lowest BCUT2D eigenvalue weighted by atomic mass is 9.97. The molecule has 2 atom stereocenters. The third kappa shape index (κ3) is 2.79. The second-order valence-electron chi connectivity index (χ2n) is 4.42. The van der Waals surface area contributed by atoms with Gasteiger partial charge in [0, 0.05) is 6.54 Å². The van der Waals surface area contributed by atoms with Gasteiger partial charge in [-0.1, -0.05) is 0 Å². The smallest absolute Gasteiger partial charge is 0.239 e. The number of halogens is 1. The molecule has 0 bridgehead atoms. The minimum absolute atomic E-state index is 0.0612. The molecule has 2 unspecified atom stereocenters. The van der Waals surface area contributed by atoms with E-state index < -0.39 is 8.32 Å². The van der Waals surface area contributed by atoms with Gasteiger partial charge in [-0.15, -0.1) is 0 Å². The Balaban J connectivity index is 2.42. The molecule has 1 saturated heterocycles. The molecule has 0 spiro atoms. The first-order chi connectivity index (χ1) is 5.81. The Bertz CT molecular complexity index is 217. The summed E-state index contributed by atoms with van der Waals surface area (Å²) in [4.78, 5) is 11.3. The normalized spacial score (nSPS) is 25.8. The summed E-state index contributed by atoms with van der Waals surface area (Å²) in [5, 5.41) is 0. The zero-order chi connectivity index (χ0) is 10.2. The van der Waals surface area contributed by atoms with E-state index in [4.69, 9.17) is 4.43 Å². The number of carbonyl (C=O) groups is 1. The first-order valence-corrected chi connectivity index (χ1v) is 8.58. The number of amides is 1. The molecule has 76 valence electrons. The summed E-state index contributed by atoms with van der Waals surface area (Å²) in [6.07, 6.45) is 0.0629. The number of hydrogen-bond acceptors (Lipinski definition) is 2. The van der Waals surface area contributed by atoms with Gasteiger partial charge in [-0.25, -0.2) is 0 Å². The second kappa shape index (κ2) is 3.71. The highest BCUT2D eigenvalue weighted by molar-refractivity contribution is 9.07. The van der Waals surface area contributed by atoms with Crippen LogP contribution in [0.3, 0.4) is 0 Å². The maximum atomic E-state index is 11.3. The number of carbonyl (C=O) groups excluding carboxylic acids is 1. The molecule has 1 aliphatic rings. The molecular formula is C8H16BrNO2Si. The Morgan fingerprint density at radius 3 is 2.46 bits per heavy atom. The van der Waals surface area contributed by atoms with E-state index in [1.807, 2.05) is 6.92 Å². The molecule has 0 aliphatic carbocycles. The third-order valence-corrected chi connectivity index (χ3v) is 3.74. The molecule has 5 heteroatoms. The lowest BCUT2D eigenvalue weighted by Crippen LogP contribution is -2.53. The van der Waals surface area contributed by atoms with Crippen LogP contribution in [0.15, 0.2) is 0 Å². The molecule has 1 rings (SSSR count). The number of β-lactam (4-membered cyclic amide) rings is 1. The summed E-state index contributed by atoms with van der Waals surface area (Å²) in [5.41, 5.74) is 0. The molecule has 3 nitrogen and oxygen atoms in total. The zero-order valence-electron chi connectivity index (χ0n) is 8.50. The van der Waals surface area contributed by atoms with E-state index in [0.717, 1.165) is 6.54 Å². The van der Waals surface area contributed by atoms with E-state index in [0.29, 0.717) is 0 Å². The van der Waals surface area contributed by atoms with Crippen LogP contribution < -0.4 is 0 Å². The van der Waals surface area contributed by atoms with E-state index in [1.54, 1.807) is 3.93 Å². The summed E-state index contributed by atoms with van der Waals surface area (Å²) >= 11 is 3.15. The van der Waals surface area contributed by atoms with Crippen molar-refractivity contribution in [2.45, 2.75) is 32.7 Å². The van der Waals surface area contributed by atoms with Gasteiger partial charge in [-0.3, -0.25) is 8.72 Å². The fourth-order valence-corrected chi connectivity index (χ4v) is 3.25. The predicted molar refractivity (Wildman–Crippen MR) is 58.0 cm³/mol. The number of rotatable bonds is 3. The van der Waals surface area contributed by atoms with Crippen molar-refractivity contribution in [3.8, 4) is 0 Å². The average Bonchev–Trinajstić information content (AvgIpc) is 1.95. The first-order valence-electron chi connectivity index (χ1n) is 4.46. The highest BCUT2D eigenvalue weighted by atomic mass is 79.9. The van der Waals surface area contributed by atoms with Gasteiger partial charge in [0.1, 0.15) is 0 Å². The second-order valence-corrected chi connectivity index (χ2v) is 9.74. The molecule has 0 radical (unpaired) electrons. The first kappa shape index (κ1) is 11.2. The lowest BCUT2D eigenvalue weighted by Gasteiger charge is -2.39. The monoisotopic (exact) mass is 265 g/mol. The quantitative estimate of drug-likeness (QED) is 0.444. The number of nitrogens with zero attached hydrogens (tertiary/aromatic N) is 1.